The van der Waals surface area contributed by atoms with Crippen LogP contribution in [0.4, 0.5) is 11.6 Å². The lowest BCUT2D eigenvalue weighted by molar-refractivity contribution is 0.405. The summed E-state index contributed by atoms with van der Waals surface area (Å²) in [5.41, 5.74) is 1.25. The summed E-state index contributed by atoms with van der Waals surface area (Å²) in [4.78, 5) is 13.9. The van der Waals surface area contributed by atoms with Crippen LogP contribution in [0, 0.1) is 0 Å². The minimum Gasteiger partial charge on any atom is -0.496 e. The summed E-state index contributed by atoms with van der Waals surface area (Å²) in [6, 6.07) is 10.8. The molecular formula is C19H24N4OS. The fraction of sp³-hybridized carbons (Fsp3) is 0.474. The van der Waals surface area contributed by atoms with Crippen LogP contribution in [-0.4, -0.2) is 48.2 Å². The van der Waals surface area contributed by atoms with Gasteiger partial charge >= 0.3 is 0 Å². The molecule has 2 fully saturated rings. The van der Waals surface area contributed by atoms with E-state index in [0.29, 0.717) is 6.04 Å². The van der Waals surface area contributed by atoms with E-state index in [4.69, 9.17) is 4.74 Å². The number of benzene rings is 1. The molecule has 2 saturated heterocycles. The molecule has 25 heavy (non-hydrogen) atoms. The Bertz CT molecular complexity index is 720. The van der Waals surface area contributed by atoms with Crippen molar-refractivity contribution in [2.45, 2.75) is 18.9 Å². The van der Waals surface area contributed by atoms with E-state index >= 15 is 0 Å². The Hall–Kier alpha value is -1.95. The lowest BCUT2D eigenvalue weighted by Gasteiger charge is -2.30. The zero-order chi connectivity index (χ0) is 17.1. The molecule has 2 aliphatic heterocycles. The number of ether oxygens (including phenoxy) is 1. The lowest BCUT2D eigenvalue weighted by atomic mass is 10.0. The predicted octanol–water partition coefficient (Wildman–Crippen LogP) is 3.38. The van der Waals surface area contributed by atoms with E-state index < -0.39 is 0 Å². The van der Waals surface area contributed by atoms with Crippen LogP contribution < -0.4 is 14.5 Å². The van der Waals surface area contributed by atoms with Gasteiger partial charge in [-0.05, 0) is 18.9 Å². The topological polar surface area (TPSA) is 41.5 Å². The van der Waals surface area contributed by atoms with E-state index in [-0.39, 0.29) is 0 Å². The minimum absolute atomic E-state index is 0.316. The summed E-state index contributed by atoms with van der Waals surface area (Å²) in [5, 5.41) is 0. The largest absolute Gasteiger partial charge is 0.496 e. The van der Waals surface area contributed by atoms with Crippen molar-refractivity contribution in [3.63, 3.8) is 0 Å². The number of para-hydroxylation sites is 1. The molecule has 1 unspecified atom stereocenters. The molecule has 2 aromatic rings. The standard InChI is InChI=1S/C19H24N4OS/c1-24-17-7-3-2-5-15(17)16-6-4-8-23(16)19-13-18(20-14-21-19)22-9-11-25-12-10-22/h2-3,5,7,13-14,16H,4,6,8-12H2,1H3. The Balaban J connectivity index is 1.62. The second-order valence-electron chi connectivity index (χ2n) is 6.43. The summed E-state index contributed by atoms with van der Waals surface area (Å²) in [6.45, 7) is 3.16. The van der Waals surface area contributed by atoms with Gasteiger partial charge < -0.3 is 14.5 Å². The quantitative estimate of drug-likeness (QED) is 0.837. The normalized spacial score (nSPS) is 20.8. The van der Waals surface area contributed by atoms with Gasteiger partial charge in [0.15, 0.2) is 0 Å². The number of rotatable bonds is 4. The second-order valence-corrected chi connectivity index (χ2v) is 7.65. The maximum absolute atomic E-state index is 5.59. The summed E-state index contributed by atoms with van der Waals surface area (Å²) < 4.78 is 5.59. The molecule has 0 amide bonds. The predicted molar refractivity (Wildman–Crippen MR) is 104 cm³/mol. The molecule has 0 bridgehead atoms. The van der Waals surface area contributed by atoms with Gasteiger partial charge in [0.2, 0.25) is 0 Å². The molecule has 5 nitrogen and oxygen atoms in total. The maximum atomic E-state index is 5.59. The van der Waals surface area contributed by atoms with Gasteiger partial charge in [0, 0.05) is 42.8 Å². The van der Waals surface area contributed by atoms with Crippen LogP contribution in [0.5, 0.6) is 5.75 Å². The molecular weight excluding hydrogens is 332 g/mol. The van der Waals surface area contributed by atoms with Crippen molar-refractivity contribution in [1.29, 1.82) is 0 Å². The average molecular weight is 356 g/mol. The van der Waals surface area contributed by atoms with Gasteiger partial charge in [-0.1, -0.05) is 18.2 Å². The molecule has 0 saturated carbocycles. The number of nitrogens with zero attached hydrogens (tertiary/aromatic N) is 4. The highest BCUT2D eigenvalue weighted by Crippen LogP contribution is 2.39. The third kappa shape index (κ3) is 3.40. The van der Waals surface area contributed by atoms with Crippen LogP contribution >= 0.6 is 11.8 Å². The Morgan fingerprint density at radius 2 is 1.88 bits per heavy atom. The Labute approximate surface area is 153 Å². The summed E-state index contributed by atoms with van der Waals surface area (Å²) in [7, 11) is 1.75. The molecule has 0 spiro atoms. The Morgan fingerprint density at radius 1 is 1.08 bits per heavy atom. The van der Waals surface area contributed by atoms with Crippen LogP contribution in [-0.2, 0) is 0 Å². The van der Waals surface area contributed by atoms with Crippen molar-refractivity contribution in [2.24, 2.45) is 0 Å². The van der Waals surface area contributed by atoms with E-state index in [1.54, 1.807) is 13.4 Å². The molecule has 1 atom stereocenters. The van der Waals surface area contributed by atoms with Crippen molar-refractivity contribution >= 4 is 23.4 Å². The van der Waals surface area contributed by atoms with E-state index in [0.717, 1.165) is 43.4 Å². The molecule has 0 aliphatic carbocycles. The highest BCUT2D eigenvalue weighted by Gasteiger charge is 2.29. The minimum atomic E-state index is 0.316. The first-order valence-electron chi connectivity index (χ1n) is 8.91. The second kappa shape index (κ2) is 7.52. The third-order valence-corrected chi connectivity index (χ3v) is 5.96. The molecule has 132 valence electrons. The van der Waals surface area contributed by atoms with Crippen LogP contribution in [0.25, 0.3) is 0 Å². The first-order chi connectivity index (χ1) is 12.4. The number of aromatic nitrogens is 2. The van der Waals surface area contributed by atoms with Gasteiger partial charge in [0.25, 0.3) is 0 Å². The van der Waals surface area contributed by atoms with E-state index in [9.17, 15) is 0 Å². The SMILES string of the molecule is COc1ccccc1C1CCCN1c1cc(N2CCSCC2)ncn1. The Kier molecular flexibility index (Phi) is 4.97. The van der Waals surface area contributed by atoms with Crippen LogP contribution in [0.3, 0.4) is 0 Å². The summed E-state index contributed by atoms with van der Waals surface area (Å²) in [6.07, 6.45) is 4.01. The number of methoxy groups -OCH3 is 1. The molecule has 2 aliphatic rings. The molecule has 0 radical (unpaired) electrons. The molecule has 0 N–H and O–H groups in total. The van der Waals surface area contributed by atoms with E-state index in [1.165, 1.54) is 23.5 Å². The van der Waals surface area contributed by atoms with Gasteiger partial charge in [0.05, 0.1) is 13.2 Å². The average Bonchev–Trinajstić information content (AvgIpc) is 3.18. The van der Waals surface area contributed by atoms with E-state index in [1.807, 2.05) is 23.9 Å². The number of anilines is 2. The van der Waals surface area contributed by atoms with Crippen LogP contribution in [0.15, 0.2) is 36.7 Å². The van der Waals surface area contributed by atoms with Crippen molar-refractivity contribution in [1.82, 2.24) is 9.97 Å². The van der Waals surface area contributed by atoms with Crippen LogP contribution in [0.2, 0.25) is 0 Å². The first kappa shape index (κ1) is 16.5. The van der Waals surface area contributed by atoms with Gasteiger partial charge in [-0.3, -0.25) is 0 Å². The zero-order valence-corrected chi connectivity index (χ0v) is 15.4. The highest BCUT2D eigenvalue weighted by molar-refractivity contribution is 7.99. The number of hydrogen-bond donors (Lipinski definition) is 0. The Morgan fingerprint density at radius 3 is 2.72 bits per heavy atom. The molecule has 4 rings (SSSR count). The summed E-state index contributed by atoms with van der Waals surface area (Å²) in [5.74, 6) is 5.38. The van der Waals surface area contributed by atoms with Crippen molar-refractivity contribution in [3.05, 3.63) is 42.2 Å². The highest BCUT2D eigenvalue weighted by atomic mass is 32.2. The number of hydrogen-bond acceptors (Lipinski definition) is 6. The monoisotopic (exact) mass is 356 g/mol. The van der Waals surface area contributed by atoms with Crippen molar-refractivity contribution < 1.29 is 4.74 Å². The van der Waals surface area contributed by atoms with Crippen LogP contribution in [0.1, 0.15) is 24.4 Å². The van der Waals surface area contributed by atoms with Crippen molar-refractivity contribution in [2.75, 3.05) is 48.0 Å². The van der Waals surface area contributed by atoms with Gasteiger partial charge in [-0.2, -0.15) is 11.8 Å². The van der Waals surface area contributed by atoms with E-state index in [2.05, 4.69) is 38.0 Å². The van der Waals surface area contributed by atoms with Gasteiger partial charge in [0.1, 0.15) is 23.7 Å². The zero-order valence-electron chi connectivity index (χ0n) is 14.6. The maximum Gasteiger partial charge on any atom is 0.134 e. The molecule has 1 aromatic carbocycles. The molecule has 1 aromatic heterocycles. The molecule has 3 heterocycles. The van der Waals surface area contributed by atoms with Gasteiger partial charge in [-0.15, -0.1) is 0 Å². The fourth-order valence-corrected chi connectivity index (χ4v) is 4.67. The first-order valence-corrected chi connectivity index (χ1v) is 10.1. The molecule has 6 heteroatoms. The smallest absolute Gasteiger partial charge is 0.134 e. The van der Waals surface area contributed by atoms with Crippen molar-refractivity contribution in [3.8, 4) is 5.75 Å². The lowest BCUT2D eigenvalue weighted by Crippen LogP contribution is -2.33. The third-order valence-electron chi connectivity index (χ3n) is 5.02. The summed E-state index contributed by atoms with van der Waals surface area (Å²) >= 11 is 2.02. The fourth-order valence-electron chi connectivity index (χ4n) is 3.77. The number of thioether (sulfide) groups is 1. The van der Waals surface area contributed by atoms with Gasteiger partial charge in [-0.25, -0.2) is 9.97 Å².